The third-order valence-electron chi connectivity index (χ3n) is 7.83. The van der Waals surface area contributed by atoms with E-state index in [9.17, 15) is 19.2 Å². The first-order valence-corrected chi connectivity index (χ1v) is 13.8. The fraction of sp³-hybridized carbons (Fsp3) is 0.536. The van der Waals surface area contributed by atoms with Crippen LogP contribution in [-0.4, -0.2) is 87.5 Å². The number of benzene rings is 1. The molecule has 3 heterocycles. The Bertz CT molecular complexity index is 1250. The zero-order valence-electron chi connectivity index (χ0n) is 23.4. The number of amides is 4. The SMILES string of the molecule is CCC(=O)NC(Cc1ccc(NC(=O)[C@H](C)NC(=O)c2ccnn2CC)c(F)c1)C(=O)N1CC2CCC(C1)N2C. The molecule has 216 valence electrons. The molecule has 2 saturated heterocycles. The van der Waals surface area contributed by atoms with E-state index >= 15 is 4.39 Å². The van der Waals surface area contributed by atoms with Crippen LogP contribution in [0.2, 0.25) is 0 Å². The number of nitrogens with one attached hydrogen (secondary N) is 3. The highest BCUT2D eigenvalue weighted by Gasteiger charge is 2.40. The zero-order valence-corrected chi connectivity index (χ0v) is 23.4. The van der Waals surface area contributed by atoms with Crippen molar-refractivity contribution >= 4 is 29.3 Å². The summed E-state index contributed by atoms with van der Waals surface area (Å²) in [5, 5.41) is 12.0. The Balaban J connectivity index is 1.40. The van der Waals surface area contributed by atoms with Crippen LogP contribution in [0.5, 0.6) is 0 Å². The van der Waals surface area contributed by atoms with Crippen LogP contribution in [0.3, 0.4) is 0 Å². The molecule has 3 unspecified atom stereocenters. The van der Waals surface area contributed by atoms with Crippen molar-refractivity contribution in [2.75, 3.05) is 25.5 Å². The third-order valence-corrected chi connectivity index (χ3v) is 7.83. The standard InChI is InChI=1S/C28H38FN7O4/c1-5-25(37)32-23(28(40)35-15-19-8-9-20(16-35)34(19)4)14-18-7-10-22(21(29)13-18)33-26(38)17(3)31-27(39)24-11-12-30-36(24)6-2/h7,10-13,17,19-20,23H,5-6,8-9,14-16H2,1-4H3,(H,31,39)(H,32,37)(H,33,38)/t17-,19?,20?,23?/m0/s1. The van der Waals surface area contributed by atoms with Gasteiger partial charge in [0.25, 0.3) is 5.91 Å². The molecule has 4 atom stereocenters. The van der Waals surface area contributed by atoms with Gasteiger partial charge in [-0.2, -0.15) is 5.10 Å². The quantitative estimate of drug-likeness (QED) is 0.408. The molecule has 0 spiro atoms. The number of piperazine rings is 1. The van der Waals surface area contributed by atoms with Crippen molar-refractivity contribution in [2.45, 2.75) is 77.2 Å². The molecule has 40 heavy (non-hydrogen) atoms. The molecule has 0 radical (unpaired) electrons. The van der Waals surface area contributed by atoms with Crippen molar-refractivity contribution in [3.63, 3.8) is 0 Å². The Morgan fingerprint density at radius 3 is 2.40 bits per heavy atom. The van der Waals surface area contributed by atoms with Crippen LogP contribution in [0, 0.1) is 5.82 Å². The normalized spacial score (nSPS) is 20.1. The molecular formula is C28H38FN7O4. The molecule has 12 heteroatoms. The van der Waals surface area contributed by atoms with Gasteiger partial charge in [0.15, 0.2) is 0 Å². The number of carbonyl (C=O) groups is 4. The summed E-state index contributed by atoms with van der Waals surface area (Å²) in [5.41, 5.74) is 0.780. The maximum Gasteiger partial charge on any atom is 0.270 e. The molecule has 2 bridgehead atoms. The van der Waals surface area contributed by atoms with E-state index < -0.39 is 29.7 Å². The number of fused-ring (bicyclic) bond motifs is 2. The van der Waals surface area contributed by atoms with E-state index in [1.807, 2.05) is 11.8 Å². The number of likely N-dealkylation sites (tertiary alicyclic amines) is 1. The predicted molar refractivity (Wildman–Crippen MR) is 147 cm³/mol. The summed E-state index contributed by atoms with van der Waals surface area (Å²) in [6.45, 7) is 6.78. The van der Waals surface area contributed by atoms with Crippen LogP contribution < -0.4 is 16.0 Å². The van der Waals surface area contributed by atoms with Gasteiger partial charge in [0, 0.05) is 50.8 Å². The summed E-state index contributed by atoms with van der Waals surface area (Å²) in [4.78, 5) is 55.0. The van der Waals surface area contributed by atoms with Crippen LogP contribution >= 0.6 is 0 Å². The molecule has 0 saturated carbocycles. The van der Waals surface area contributed by atoms with Crippen LogP contribution in [0.15, 0.2) is 30.5 Å². The minimum atomic E-state index is -0.933. The summed E-state index contributed by atoms with van der Waals surface area (Å²) in [7, 11) is 2.08. The number of likely N-dealkylation sites (N-methyl/N-ethyl adjacent to an activating group) is 1. The van der Waals surface area contributed by atoms with Crippen molar-refractivity contribution in [3.8, 4) is 0 Å². The van der Waals surface area contributed by atoms with Crippen molar-refractivity contribution < 1.29 is 23.6 Å². The van der Waals surface area contributed by atoms with Gasteiger partial charge in [-0.25, -0.2) is 4.39 Å². The fourth-order valence-electron chi connectivity index (χ4n) is 5.39. The van der Waals surface area contributed by atoms with Crippen LogP contribution in [0.1, 0.15) is 56.1 Å². The Kier molecular flexibility index (Phi) is 9.18. The first-order chi connectivity index (χ1) is 19.1. The summed E-state index contributed by atoms with van der Waals surface area (Å²) in [6, 6.07) is 4.72. The Hall–Kier alpha value is -3.80. The smallest absolute Gasteiger partial charge is 0.270 e. The van der Waals surface area contributed by atoms with Gasteiger partial charge < -0.3 is 20.9 Å². The van der Waals surface area contributed by atoms with Gasteiger partial charge in [-0.15, -0.1) is 0 Å². The minimum Gasteiger partial charge on any atom is -0.344 e. The average molecular weight is 556 g/mol. The molecule has 2 aliphatic rings. The molecule has 4 rings (SSSR count). The first-order valence-electron chi connectivity index (χ1n) is 13.8. The lowest BCUT2D eigenvalue weighted by atomic mass is 10.0. The van der Waals surface area contributed by atoms with Crippen molar-refractivity contribution in [2.24, 2.45) is 0 Å². The number of aryl methyl sites for hydroxylation is 1. The topological polar surface area (TPSA) is 129 Å². The highest BCUT2D eigenvalue weighted by Crippen LogP contribution is 2.29. The summed E-state index contributed by atoms with van der Waals surface area (Å²) >= 11 is 0. The molecule has 2 fully saturated rings. The van der Waals surface area contributed by atoms with E-state index in [1.165, 1.54) is 29.9 Å². The number of aromatic nitrogens is 2. The lowest BCUT2D eigenvalue weighted by Gasteiger charge is -2.40. The molecule has 1 aromatic carbocycles. The molecule has 3 N–H and O–H groups in total. The molecule has 11 nitrogen and oxygen atoms in total. The van der Waals surface area contributed by atoms with Crippen LogP contribution in [0.4, 0.5) is 10.1 Å². The molecule has 4 amide bonds. The highest BCUT2D eigenvalue weighted by atomic mass is 19.1. The van der Waals surface area contributed by atoms with E-state index in [2.05, 4.69) is 33.0 Å². The zero-order chi connectivity index (χ0) is 29.0. The Labute approximate surface area is 233 Å². The number of hydrogen-bond acceptors (Lipinski definition) is 6. The van der Waals surface area contributed by atoms with E-state index in [1.54, 1.807) is 19.1 Å². The Morgan fingerprint density at radius 1 is 1.07 bits per heavy atom. The highest BCUT2D eigenvalue weighted by molar-refractivity contribution is 6.00. The molecule has 1 aromatic heterocycles. The molecule has 2 aliphatic heterocycles. The predicted octanol–water partition coefficient (Wildman–Crippen LogP) is 1.54. The van der Waals surface area contributed by atoms with Crippen molar-refractivity contribution in [1.29, 1.82) is 0 Å². The van der Waals surface area contributed by atoms with Crippen LogP contribution in [0.25, 0.3) is 0 Å². The van der Waals surface area contributed by atoms with Gasteiger partial charge >= 0.3 is 0 Å². The molecule has 2 aromatic rings. The van der Waals surface area contributed by atoms with Gasteiger partial charge in [-0.05, 0) is 57.5 Å². The summed E-state index contributed by atoms with van der Waals surface area (Å²) in [5.74, 6) is -2.15. The number of nitrogens with zero attached hydrogens (tertiary/aromatic N) is 4. The second kappa shape index (κ2) is 12.6. The van der Waals surface area contributed by atoms with E-state index in [-0.39, 0.29) is 30.3 Å². The first kappa shape index (κ1) is 29.2. The molecular weight excluding hydrogens is 517 g/mol. The van der Waals surface area contributed by atoms with Gasteiger partial charge in [-0.3, -0.25) is 28.8 Å². The second-order valence-electron chi connectivity index (χ2n) is 10.5. The third kappa shape index (κ3) is 6.49. The number of rotatable bonds is 10. The van der Waals surface area contributed by atoms with E-state index in [0.717, 1.165) is 12.8 Å². The van der Waals surface area contributed by atoms with Crippen LogP contribution in [-0.2, 0) is 27.3 Å². The average Bonchev–Trinajstić information content (AvgIpc) is 3.48. The Morgan fingerprint density at radius 2 is 1.77 bits per heavy atom. The van der Waals surface area contributed by atoms with E-state index in [0.29, 0.717) is 43.0 Å². The monoisotopic (exact) mass is 555 g/mol. The van der Waals surface area contributed by atoms with Crippen molar-refractivity contribution in [1.82, 2.24) is 30.2 Å². The maximum atomic E-state index is 15.0. The number of anilines is 1. The van der Waals surface area contributed by atoms with Gasteiger partial charge in [-0.1, -0.05) is 13.0 Å². The largest absolute Gasteiger partial charge is 0.344 e. The second-order valence-corrected chi connectivity index (χ2v) is 10.5. The minimum absolute atomic E-state index is 0.0513. The lowest BCUT2D eigenvalue weighted by molar-refractivity contribution is -0.139. The maximum absolute atomic E-state index is 15.0. The number of hydrogen-bond donors (Lipinski definition) is 3. The number of carbonyl (C=O) groups excluding carboxylic acids is 4. The van der Waals surface area contributed by atoms with Gasteiger partial charge in [0.05, 0.1) is 5.69 Å². The summed E-state index contributed by atoms with van der Waals surface area (Å²) in [6.07, 6.45) is 3.94. The van der Waals surface area contributed by atoms with Gasteiger partial charge in [0.2, 0.25) is 17.7 Å². The van der Waals surface area contributed by atoms with Gasteiger partial charge in [0.1, 0.15) is 23.6 Å². The fourth-order valence-corrected chi connectivity index (χ4v) is 5.39. The van der Waals surface area contributed by atoms with Crippen molar-refractivity contribution in [3.05, 3.63) is 47.5 Å². The lowest BCUT2D eigenvalue weighted by Crippen LogP contribution is -2.58. The number of halogens is 1. The summed E-state index contributed by atoms with van der Waals surface area (Å²) < 4.78 is 16.6. The van der Waals surface area contributed by atoms with E-state index in [4.69, 9.17) is 0 Å². The molecule has 0 aliphatic carbocycles.